The molecule has 0 bridgehead atoms. The number of aliphatic hydroxyl groups is 2. The number of aliphatic hydroxyl groups excluding tert-OH is 2. The highest BCUT2D eigenvalue weighted by atomic mass is 16.5. The van der Waals surface area contributed by atoms with E-state index in [0.29, 0.717) is 25.9 Å². The van der Waals surface area contributed by atoms with Gasteiger partial charge in [-0.15, -0.1) is 0 Å². The zero-order chi connectivity index (χ0) is 42.3. The van der Waals surface area contributed by atoms with Gasteiger partial charge in [-0.05, 0) is 57.8 Å². The molecule has 0 heterocycles. The monoisotopic (exact) mass is 818 g/mol. The summed E-state index contributed by atoms with van der Waals surface area (Å²) in [6.45, 7) is 4.87. The summed E-state index contributed by atoms with van der Waals surface area (Å²) in [5.41, 5.74) is 0. The molecule has 0 rings (SSSR count). The van der Waals surface area contributed by atoms with Crippen molar-refractivity contribution >= 4 is 11.9 Å². The minimum Gasteiger partial charge on any atom is -0.466 e. The van der Waals surface area contributed by atoms with Gasteiger partial charge in [0.25, 0.3) is 0 Å². The molecule has 0 saturated heterocycles. The summed E-state index contributed by atoms with van der Waals surface area (Å²) in [5, 5.41) is 23.1. The molecule has 58 heavy (non-hydrogen) atoms. The van der Waals surface area contributed by atoms with E-state index in [1.54, 1.807) is 0 Å². The van der Waals surface area contributed by atoms with Gasteiger partial charge in [0.05, 0.1) is 25.4 Å². The van der Waals surface area contributed by atoms with Crippen molar-refractivity contribution in [2.45, 2.75) is 283 Å². The van der Waals surface area contributed by atoms with Crippen molar-refractivity contribution in [3.8, 4) is 0 Å². The second-order valence-electron chi connectivity index (χ2n) is 17.5. The largest absolute Gasteiger partial charge is 0.466 e. The summed E-state index contributed by atoms with van der Waals surface area (Å²) >= 11 is 0. The molecular weight excluding hydrogens is 719 g/mol. The van der Waals surface area contributed by atoms with Crippen molar-refractivity contribution in [2.24, 2.45) is 0 Å². The van der Waals surface area contributed by atoms with Gasteiger partial charge < -0.3 is 20.3 Å². The van der Waals surface area contributed by atoms with Gasteiger partial charge in [-0.3, -0.25) is 9.59 Å². The number of carbonyl (C=O) groups is 2. The van der Waals surface area contributed by atoms with Crippen LogP contribution in [0.15, 0.2) is 24.3 Å². The topological polar surface area (TPSA) is 95.9 Å². The minimum atomic E-state index is -0.678. The third-order valence-electron chi connectivity index (χ3n) is 11.8. The van der Waals surface area contributed by atoms with Crippen molar-refractivity contribution in [2.75, 3.05) is 13.2 Å². The van der Waals surface area contributed by atoms with Crippen molar-refractivity contribution < 1.29 is 24.5 Å². The molecule has 1 amide bonds. The summed E-state index contributed by atoms with van der Waals surface area (Å²) in [5.74, 6) is -0.0815. The summed E-state index contributed by atoms with van der Waals surface area (Å²) < 4.78 is 5.46. The number of unbranched alkanes of at least 4 members (excludes halogenated alkanes) is 32. The highest BCUT2D eigenvalue weighted by molar-refractivity contribution is 5.76. The standard InChI is InChI=1S/C52H99NO5/c1-3-5-7-9-11-13-15-17-18-19-20-21-22-23-25-30-34-38-42-46-52(57)58-47-43-39-35-31-27-26-29-33-37-41-45-51(56)53-49(48-54)50(55)44-40-36-32-28-24-16-14-12-10-8-6-4-2/h11,13,17-18,49-50,54-55H,3-10,12,14-16,19-48H2,1-2H3,(H,53,56)/b13-11-,18-17-. The normalized spacial score (nSPS) is 12.8. The number of rotatable bonds is 47. The predicted molar refractivity (Wildman–Crippen MR) is 250 cm³/mol. The number of carbonyl (C=O) groups excluding carboxylic acids is 2. The lowest BCUT2D eigenvalue weighted by Gasteiger charge is -2.22. The fraction of sp³-hybridized carbons (Fsp3) is 0.885. The van der Waals surface area contributed by atoms with Crippen LogP contribution >= 0.6 is 0 Å². The van der Waals surface area contributed by atoms with Crippen LogP contribution < -0.4 is 5.32 Å². The van der Waals surface area contributed by atoms with Crippen LogP contribution in [0, 0.1) is 0 Å². The van der Waals surface area contributed by atoms with Crippen molar-refractivity contribution in [3.63, 3.8) is 0 Å². The van der Waals surface area contributed by atoms with Gasteiger partial charge in [-0.1, -0.05) is 224 Å². The average Bonchev–Trinajstić information content (AvgIpc) is 3.22. The van der Waals surface area contributed by atoms with Crippen molar-refractivity contribution in [3.05, 3.63) is 24.3 Å². The Balaban J connectivity index is 3.46. The predicted octanol–water partition coefficient (Wildman–Crippen LogP) is 15.1. The second kappa shape index (κ2) is 48.0. The number of nitrogens with one attached hydrogen (secondary N) is 1. The molecule has 0 aliphatic carbocycles. The molecule has 0 saturated carbocycles. The first-order chi connectivity index (χ1) is 28.5. The Bertz CT molecular complexity index is 904. The number of hydrogen-bond donors (Lipinski definition) is 3. The van der Waals surface area contributed by atoms with E-state index in [1.165, 1.54) is 173 Å². The Morgan fingerprint density at radius 1 is 0.483 bits per heavy atom. The molecule has 2 atom stereocenters. The SMILES string of the molecule is CCCCC/C=C\C/C=C\CCCCCCCCCCCC(=O)OCCCCCCCCCCCCC(=O)NC(CO)C(O)CCCCCCCCCCCCCC. The maximum atomic E-state index is 12.4. The second-order valence-corrected chi connectivity index (χ2v) is 17.5. The zero-order valence-electron chi connectivity index (χ0n) is 38.8. The summed E-state index contributed by atoms with van der Waals surface area (Å²) in [6.07, 6.45) is 55.7. The smallest absolute Gasteiger partial charge is 0.305 e. The van der Waals surface area contributed by atoms with E-state index >= 15 is 0 Å². The Labute approximate surface area is 361 Å². The number of ether oxygens (including phenoxy) is 1. The lowest BCUT2D eigenvalue weighted by Crippen LogP contribution is -2.45. The van der Waals surface area contributed by atoms with E-state index < -0.39 is 12.1 Å². The van der Waals surface area contributed by atoms with E-state index in [9.17, 15) is 19.8 Å². The average molecular weight is 818 g/mol. The first-order valence-electron chi connectivity index (χ1n) is 25.6. The van der Waals surface area contributed by atoms with Crippen LogP contribution in [-0.2, 0) is 14.3 Å². The number of allylic oxidation sites excluding steroid dienone is 4. The van der Waals surface area contributed by atoms with Crippen LogP contribution in [-0.4, -0.2) is 47.4 Å². The van der Waals surface area contributed by atoms with Crippen molar-refractivity contribution in [1.82, 2.24) is 5.32 Å². The first-order valence-corrected chi connectivity index (χ1v) is 25.6. The molecule has 3 N–H and O–H groups in total. The van der Waals surface area contributed by atoms with Gasteiger partial charge in [0.2, 0.25) is 5.91 Å². The molecule has 0 fully saturated rings. The van der Waals surface area contributed by atoms with E-state index in [1.807, 2.05) is 0 Å². The van der Waals surface area contributed by atoms with Gasteiger partial charge in [0.15, 0.2) is 0 Å². The molecule has 0 aromatic rings. The number of esters is 1. The molecule has 0 aliphatic heterocycles. The van der Waals surface area contributed by atoms with Crippen LogP contribution in [0.25, 0.3) is 0 Å². The van der Waals surface area contributed by atoms with Crippen LogP contribution in [0.2, 0.25) is 0 Å². The molecule has 2 unspecified atom stereocenters. The van der Waals surface area contributed by atoms with Crippen LogP contribution in [0.4, 0.5) is 0 Å². The van der Waals surface area contributed by atoms with Gasteiger partial charge in [0.1, 0.15) is 0 Å². The summed E-state index contributed by atoms with van der Waals surface area (Å²) in [4.78, 5) is 24.5. The van der Waals surface area contributed by atoms with Crippen LogP contribution in [0.1, 0.15) is 271 Å². The quantitative estimate of drug-likeness (QED) is 0.0323. The third-order valence-corrected chi connectivity index (χ3v) is 11.8. The van der Waals surface area contributed by atoms with Crippen LogP contribution in [0.3, 0.4) is 0 Å². The first kappa shape index (κ1) is 56.3. The molecule has 342 valence electrons. The fourth-order valence-corrected chi connectivity index (χ4v) is 7.79. The molecule has 0 aliphatic rings. The molecule has 0 spiro atoms. The lowest BCUT2D eigenvalue weighted by atomic mass is 10.0. The fourth-order valence-electron chi connectivity index (χ4n) is 7.79. The Hall–Kier alpha value is -1.66. The molecule has 6 nitrogen and oxygen atoms in total. The van der Waals surface area contributed by atoms with Gasteiger partial charge >= 0.3 is 5.97 Å². The third kappa shape index (κ3) is 43.9. The Morgan fingerprint density at radius 2 is 0.862 bits per heavy atom. The van der Waals surface area contributed by atoms with Gasteiger partial charge in [0, 0.05) is 12.8 Å². The maximum absolute atomic E-state index is 12.4. The molecule has 0 radical (unpaired) electrons. The minimum absolute atomic E-state index is 0.0228. The highest BCUT2D eigenvalue weighted by Crippen LogP contribution is 2.16. The lowest BCUT2D eigenvalue weighted by molar-refractivity contribution is -0.143. The zero-order valence-corrected chi connectivity index (χ0v) is 38.8. The summed E-state index contributed by atoms with van der Waals surface area (Å²) in [7, 11) is 0. The summed E-state index contributed by atoms with van der Waals surface area (Å²) in [6, 6.07) is -0.557. The highest BCUT2D eigenvalue weighted by Gasteiger charge is 2.20. The van der Waals surface area contributed by atoms with Crippen LogP contribution in [0.5, 0.6) is 0 Å². The Morgan fingerprint density at radius 3 is 1.34 bits per heavy atom. The molecular formula is C52H99NO5. The van der Waals surface area contributed by atoms with E-state index in [4.69, 9.17) is 4.74 Å². The molecule has 6 heteroatoms. The molecule has 0 aromatic carbocycles. The number of hydrogen-bond acceptors (Lipinski definition) is 5. The van der Waals surface area contributed by atoms with E-state index in [2.05, 4.69) is 43.5 Å². The number of amides is 1. The van der Waals surface area contributed by atoms with Crippen molar-refractivity contribution in [1.29, 1.82) is 0 Å². The van der Waals surface area contributed by atoms with Gasteiger partial charge in [-0.25, -0.2) is 0 Å². The maximum Gasteiger partial charge on any atom is 0.305 e. The Kier molecular flexibility index (Phi) is 46.6. The van der Waals surface area contributed by atoms with E-state index in [0.717, 1.165) is 64.2 Å². The molecule has 0 aromatic heterocycles. The van der Waals surface area contributed by atoms with Gasteiger partial charge in [-0.2, -0.15) is 0 Å². The van der Waals surface area contributed by atoms with E-state index in [-0.39, 0.29) is 18.5 Å².